The highest BCUT2D eigenvalue weighted by Crippen LogP contribution is 2.49. The summed E-state index contributed by atoms with van der Waals surface area (Å²) in [5, 5.41) is 2.89. The van der Waals surface area contributed by atoms with Gasteiger partial charge in [-0.25, -0.2) is 0 Å². The van der Waals surface area contributed by atoms with E-state index < -0.39 is 0 Å². The molecule has 3 aromatic rings. The number of methoxy groups -OCH3 is 1. The molecule has 2 heterocycles. The van der Waals surface area contributed by atoms with Gasteiger partial charge in [0.1, 0.15) is 15.8 Å². The molecule has 3 fully saturated rings. The fourth-order valence-corrected chi connectivity index (χ4v) is 7.49. The molecule has 1 aliphatic heterocycles. The lowest BCUT2D eigenvalue weighted by molar-refractivity contribution is -0.124. The van der Waals surface area contributed by atoms with E-state index in [0.717, 1.165) is 29.9 Å². The van der Waals surface area contributed by atoms with Crippen molar-refractivity contribution in [1.29, 1.82) is 0 Å². The van der Waals surface area contributed by atoms with E-state index in [-0.39, 0.29) is 24.5 Å². The van der Waals surface area contributed by atoms with Crippen molar-refractivity contribution in [2.24, 2.45) is 11.8 Å². The van der Waals surface area contributed by atoms with E-state index >= 15 is 0 Å². The lowest BCUT2D eigenvalue weighted by Crippen LogP contribution is -2.41. The van der Waals surface area contributed by atoms with Gasteiger partial charge in [-0.1, -0.05) is 60.7 Å². The van der Waals surface area contributed by atoms with Gasteiger partial charge in [0, 0.05) is 24.2 Å². The zero-order valence-electron chi connectivity index (χ0n) is 22.8. The van der Waals surface area contributed by atoms with Gasteiger partial charge in [0.15, 0.2) is 18.1 Å². The molecule has 0 radical (unpaired) electrons. The highest BCUT2D eigenvalue weighted by molar-refractivity contribution is 8.26. The number of ether oxygens (including phenoxy) is 2. The van der Waals surface area contributed by atoms with Crippen LogP contribution in [0.5, 0.6) is 11.5 Å². The average molecular weight is 589 g/mol. The highest BCUT2D eigenvalue weighted by Gasteiger charge is 2.48. The summed E-state index contributed by atoms with van der Waals surface area (Å²) in [6.45, 7) is 0.390. The van der Waals surface area contributed by atoms with Gasteiger partial charge >= 0.3 is 0 Å². The third kappa shape index (κ3) is 6.06. The molecule has 1 N–H and O–H groups in total. The van der Waals surface area contributed by atoms with Crippen molar-refractivity contribution in [2.45, 2.75) is 38.1 Å². The van der Waals surface area contributed by atoms with E-state index in [9.17, 15) is 9.59 Å². The van der Waals surface area contributed by atoms with Gasteiger partial charge < -0.3 is 19.2 Å². The van der Waals surface area contributed by atoms with Crippen LogP contribution in [0.25, 0.3) is 17.4 Å². The Balaban J connectivity index is 1.09. The second kappa shape index (κ2) is 12.1. The molecule has 3 aliphatic rings. The summed E-state index contributed by atoms with van der Waals surface area (Å²) in [5.41, 5.74) is 1.92. The smallest absolute Gasteiger partial charge is 0.266 e. The number of nitrogens with one attached hydrogen (secondary N) is 1. The Bertz CT molecular complexity index is 1480. The van der Waals surface area contributed by atoms with Crippen LogP contribution in [0.4, 0.5) is 0 Å². The fourth-order valence-electron chi connectivity index (χ4n) is 6.14. The lowest BCUT2D eigenvalue weighted by Gasteiger charge is -2.30. The van der Waals surface area contributed by atoms with Crippen LogP contribution in [-0.2, 0) is 16.0 Å². The number of rotatable bonds is 10. The van der Waals surface area contributed by atoms with E-state index in [4.69, 9.17) is 26.1 Å². The van der Waals surface area contributed by atoms with Gasteiger partial charge in [0.25, 0.3) is 11.8 Å². The van der Waals surface area contributed by atoms with Gasteiger partial charge in [0.2, 0.25) is 0 Å². The topological polar surface area (TPSA) is 81.0 Å². The second-order valence-corrected chi connectivity index (χ2v) is 12.4. The van der Waals surface area contributed by atoms with Gasteiger partial charge in [0.05, 0.1) is 12.0 Å². The molecular formula is C32H32N2O5S2. The number of carbonyl (C=O) groups excluding carboxylic acids is 2. The number of thiocarbonyl (C=S) groups is 1. The second-order valence-electron chi connectivity index (χ2n) is 10.7. The van der Waals surface area contributed by atoms with Crippen molar-refractivity contribution in [3.8, 4) is 22.8 Å². The summed E-state index contributed by atoms with van der Waals surface area (Å²) >= 11 is 6.97. The molecule has 3 atom stereocenters. The maximum absolute atomic E-state index is 13.3. The van der Waals surface area contributed by atoms with Crippen LogP contribution in [0.15, 0.2) is 70.0 Å². The quantitative estimate of drug-likeness (QED) is 0.227. The van der Waals surface area contributed by atoms with E-state index in [0.29, 0.717) is 44.7 Å². The molecule has 0 spiro atoms. The Labute approximate surface area is 249 Å². The molecule has 1 aromatic heterocycles. The third-order valence-corrected chi connectivity index (χ3v) is 9.47. The molecule has 6 rings (SSSR count). The SMILES string of the molecule is COc1ccc(-c2ccc(/C=C3\SC(=S)N(C4CC5CCC4C5)C3=O)o2)cc1OCC(=O)NCCc1ccccc1. The van der Waals surface area contributed by atoms with Crippen molar-refractivity contribution in [1.82, 2.24) is 10.2 Å². The van der Waals surface area contributed by atoms with Crippen LogP contribution in [0.3, 0.4) is 0 Å². The monoisotopic (exact) mass is 588 g/mol. The Morgan fingerprint density at radius 1 is 1.12 bits per heavy atom. The Morgan fingerprint density at radius 2 is 1.98 bits per heavy atom. The van der Waals surface area contributed by atoms with Crippen molar-refractivity contribution in [3.63, 3.8) is 0 Å². The molecule has 2 amide bonds. The number of furan rings is 1. The van der Waals surface area contributed by atoms with Crippen molar-refractivity contribution < 1.29 is 23.5 Å². The van der Waals surface area contributed by atoms with Crippen molar-refractivity contribution in [2.75, 3.05) is 20.3 Å². The van der Waals surface area contributed by atoms with Crippen molar-refractivity contribution in [3.05, 3.63) is 76.9 Å². The van der Waals surface area contributed by atoms with Crippen molar-refractivity contribution >= 4 is 46.2 Å². The standard InChI is InChI=1S/C32H32N2O5S2/c1-37-27-11-9-23(17-28(27)38-19-30(35)33-14-13-20-5-3-2-4-6-20)26-12-10-24(39-26)18-29-31(36)34(32(40)41-29)25-16-21-7-8-22(25)15-21/h2-6,9-12,17-18,21-22,25H,7-8,13-16,19H2,1H3,(H,33,35)/b29-18-. The van der Waals surface area contributed by atoms with Crippen LogP contribution in [0.1, 0.15) is 37.0 Å². The number of hydrogen-bond donors (Lipinski definition) is 1. The number of thioether (sulfide) groups is 1. The summed E-state index contributed by atoms with van der Waals surface area (Å²) in [5.74, 6) is 3.22. The number of benzene rings is 2. The van der Waals surface area contributed by atoms with Gasteiger partial charge in [-0.15, -0.1) is 0 Å². The first kappa shape index (κ1) is 27.6. The summed E-state index contributed by atoms with van der Waals surface area (Å²) in [7, 11) is 1.56. The molecule has 2 aromatic carbocycles. The molecule has 212 valence electrons. The summed E-state index contributed by atoms with van der Waals surface area (Å²) in [4.78, 5) is 28.1. The van der Waals surface area contributed by atoms with E-state index in [1.165, 1.54) is 31.0 Å². The molecule has 7 nitrogen and oxygen atoms in total. The van der Waals surface area contributed by atoms with E-state index in [1.807, 2.05) is 53.4 Å². The molecular weight excluding hydrogens is 556 g/mol. The maximum atomic E-state index is 13.3. The van der Waals surface area contributed by atoms with Crippen LogP contribution >= 0.6 is 24.0 Å². The summed E-state index contributed by atoms with van der Waals surface area (Å²) in [6, 6.07) is 19.3. The molecule has 9 heteroatoms. The first-order valence-electron chi connectivity index (χ1n) is 14.0. The zero-order chi connectivity index (χ0) is 28.3. The minimum absolute atomic E-state index is 0.0160. The van der Waals surface area contributed by atoms with E-state index in [2.05, 4.69) is 5.32 Å². The molecule has 2 bridgehead atoms. The minimum Gasteiger partial charge on any atom is -0.493 e. The molecule has 2 saturated carbocycles. The first-order valence-corrected chi connectivity index (χ1v) is 15.2. The molecule has 1 saturated heterocycles. The first-order chi connectivity index (χ1) is 20.0. The van der Waals surface area contributed by atoms with Gasteiger partial charge in [-0.2, -0.15) is 0 Å². The Hall–Kier alpha value is -3.56. The van der Waals surface area contributed by atoms with Crippen LogP contribution < -0.4 is 14.8 Å². The number of amides is 2. The van der Waals surface area contributed by atoms with E-state index in [1.54, 1.807) is 25.3 Å². The Kier molecular flexibility index (Phi) is 8.16. The molecule has 3 unspecified atom stereocenters. The predicted molar refractivity (Wildman–Crippen MR) is 164 cm³/mol. The normalized spacial score (nSPS) is 22.5. The zero-order valence-corrected chi connectivity index (χ0v) is 24.5. The maximum Gasteiger partial charge on any atom is 0.266 e. The largest absolute Gasteiger partial charge is 0.493 e. The molecule has 41 heavy (non-hydrogen) atoms. The van der Waals surface area contributed by atoms with Crippen LogP contribution in [-0.4, -0.2) is 47.3 Å². The predicted octanol–water partition coefficient (Wildman–Crippen LogP) is 6.08. The van der Waals surface area contributed by atoms with Crippen LogP contribution in [0.2, 0.25) is 0 Å². The lowest BCUT2D eigenvalue weighted by atomic mass is 9.94. The number of fused-ring (bicyclic) bond motifs is 2. The molecule has 2 aliphatic carbocycles. The van der Waals surface area contributed by atoms with Crippen LogP contribution in [0, 0.1) is 11.8 Å². The average Bonchev–Trinajstić information content (AvgIpc) is 3.78. The number of nitrogens with zero attached hydrogens (tertiary/aromatic N) is 1. The van der Waals surface area contributed by atoms with Gasteiger partial charge in [-0.05, 0) is 73.4 Å². The number of hydrogen-bond acceptors (Lipinski definition) is 7. The van der Waals surface area contributed by atoms with Gasteiger partial charge in [-0.3, -0.25) is 14.5 Å². The Morgan fingerprint density at radius 3 is 2.73 bits per heavy atom. The summed E-state index contributed by atoms with van der Waals surface area (Å²) in [6.07, 6.45) is 7.27. The minimum atomic E-state index is -0.212. The highest BCUT2D eigenvalue weighted by atomic mass is 32.2. The third-order valence-electron chi connectivity index (χ3n) is 8.14. The number of carbonyl (C=O) groups is 2. The summed E-state index contributed by atoms with van der Waals surface area (Å²) < 4.78 is 18.0. The fraction of sp³-hybridized carbons (Fsp3) is 0.344.